The van der Waals surface area contributed by atoms with Gasteiger partial charge in [0, 0.05) is 13.1 Å². The van der Waals surface area contributed by atoms with Crippen molar-refractivity contribution in [3.8, 4) is 0 Å². The minimum absolute atomic E-state index is 0.00107. The number of carbonyl (C=O) groups is 3. The first-order chi connectivity index (χ1) is 11.4. The van der Waals surface area contributed by atoms with E-state index in [4.69, 9.17) is 0 Å². The molecule has 2 amide bonds. The number of carboxylic acid groups (broad SMARTS) is 1. The van der Waals surface area contributed by atoms with E-state index < -0.39 is 6.09 Å². The van der Waals surface area contributed by atoms with Gasteiger partial charge in [-0.2, -0.15) is 0 Å². The molecule has 6 heteroatoms. The number of likely N-dealkylation sites (tertiary alicyclic amines) is 1. The molecule has 1 atom stereocenters. The van der Waals surface area contributed by atoms with Crippen molar-refractivity contribution in [2.45, 2.75) is 64.3 Å². The van der Waals surface area contributed by atoms with Gasteiger partial charge in [0.15, 0.2) is 5.78 Å². The zero-order chi connectivity index (χ0) is 17.3. The fourth-order valence-electron chi connectivity index (χ4n) is 4.69. The third kappa shape index (κ3) is 3.42. The van der Waals surface area contributed by atoms with Gasteiger partial charge in [-0.15, -0.1) is 0 Å². The molecule has 1 spiro atoms. The predicted octanol–water partition coefficient (Wildman–Crippen LogP) is 2.52. The molecule has 1 saturated heterocycles. The summed E-state index contributed by atoms with van der Waals surface area (Å²) in [6.07, 6.45) is 7.45. The molecule has 3 rings (SSSR count). The van der Waals surface area contributed by atoms with Crippen LogP contribution in [0, 0.1) is 11.3 Å². The molecule has 0 unspecified atom stereocenters. The number of hydrogen-bond acceptors (Lipinski definition) is 3. The molecule has 0 aromatic heterocycles. The van der Waals surface area contributed by atoms with Gasteiger partial charge in [-0.05, 0) is 50.4 Å². The molecule has 0 aromatic carbocycles. The lowest BCUT2D eigenvalue weighted by Gasteiger charge is -2.31. The van der Waals surface area contributed by atoms with Gasteiger partial charge in [0.05, 0.1) is 6.04 Å². The summed E-state index contributed by atoms with van der Waals surface area (Å²) in [7, 11) is 0. The summed E-state index contributed by atoms with van der Waals surface area (Å²) in [5, 5.41) is 9.47. The minimum Gasteiger partial charge on any atom is -0.465 e. The highest BCUT2D eigenvalue weighted by Gasteiger charge is 2.58. The summed E-state index contributed by atoms with van der Waals surface area (Å²) in [4.78, 5) is 39.2. The first kappa shape index (κ1) is 17.2. The van der Waals surface area contributed by atoms with Crippen LogP contribution in [0.2, 0.25) is 0 Å². The summed E-state index contributed by atoms with van der Waals surface area (Å²) >= 11 is 0. The third-order valence-electron chi connectivity index (χ3n) is 6.14. The molecule has 3 fully saturated rings. The summed E-state index contributed by atoms with van der Waals surface area (Å²) in [5.74, 6) is 0.185. The van der Waals surface area contributed by atoms with Crippen molar-refractivity contribution in [1.29, 1.82) is 0 Å². The minimum atomic E-state index is -1.03. The monoisotopic (exact) mass is 336 g/mol. The summed E-state index contributed by atoms with van der Waals surface area (Å²) in [6, 6.07) is -0.338. The van der Waals surface area contributed by atoms with Crippen LogP contribution in [0.15, 0.2) is 0 Å². The van der Waals surface area contributed by atoms with Gasteiger partial charge < -0.3 is 10.0 Å². The Morgan fingerprint density at radius 3 is 2.33 bits per heavy atom. The van der Waals surface area contributed by atoms with E-state index in [9.17, 15) is 19.5 Å². The van der Waals surface area contributed by atoms with Crippen LogP contribution in [0.1, 0.15) is 58.3 Å². The van der Waals surface area contributed by atoms with E-state index in [0.29, 0.717) is 19.0 Å². The fraction of sp³-hybridized carbons (Fsp3) is 0.833. The van der Waals surface area contributed by atoms with E-state index in [2.05, 4.69) is 0 Å². The number of hydrogen-bond donors (Lipinski definition) is 1. The van der Waals surface area contributed by atoms with Gasteiger partial charge in [-0.25, -0.2) is 4.79 Å². The molecule has 1 N–H and O–H groups in total. The Morgan fingerprint density at radius 1 is 1.12 bits per heavy atom. The predicted molar refractivity (Wildman–Crippen MR) is 88.6 cm³/mol. The average molecular weight is 336 g/mol. The largest absolute Gasteiger partial charge is 0.465 e. The van der Waals surface area contributed by atoms with Crippen molar-refractivity contribution in [2.24, 2.45) is 11.3 Å². The highest BCUT2D eigenvalue weighted by molar-refractivity contribution is 5.91. The van der Waals surface area contributed by atoms with Crippen LogP contribution >= 0.6 is 0 Å². The molecule has 0 radical (unpaired) electrons. The number of rotatable bonds is 5. The van der Waals surface area contributed by atoms with Gasteiger partial charge in [0.25, 0.3) is 0 Å². The van der Waals surface area contributed by atoms with E-state index in [1.807, 2.05) is 0 Å². The van der Waals surface area contributed by atoms with Crippen molar-refractivity contribution >= 4 is 17.8 Å². The van der Waals surface area contributed by atoms with Crippen LogP contribution in [0.3, 0.4) is 0 Å². The van der Waals surface area contributed by atoms with Crippen LogP contribution in [0.25, 0.3) is 0 Å². The molecule has 6 nitrogen and oxygen atoms in total. The lowest BCUT2D eigenvalue weighted by Crippen LogP contribution is -2.49. The second-order valence-electron chi connectivity index (χ2n) is 7.88. The highest BCUT2D eigenvalue weighted by Crippen LogP contribution is 2.57. The van der Waals surface area contributed by atoms with Gasteiger partial charge in [-0.3, -0.25) is 14.5 Å². The maximum atomic E-state index is 12.7. The normalized spacial score (nSPS) is 25.7. The van der Waals surface area contributed by atoms with E-state index in [-0.39, 0.29) is 29.7 Å². The van der Waals surface area contributed by atoms with Crippen LogP contribution in [0.4, 0.5) is 4.79 Å². The van der Waals surface area contributed by atoms with Crippen LogP contribution < -0.4 is 0 Å². The fourth-order valence-corrected chi connectivity index (χ4v) is 4.69. The maximum Gasteiger partial charge on any atom is 0.407 e. The number of Topliss-reactive ketones (excluding diaryl/α,β-unsaturated/α-hetero) is 1. The first-order valence-electron chi connectivity index (χ1n) is 9.21. The van der Waals surface area contributed by atoms with Crippen molar-refractivity contribution in [3.63, 3.8) is 0 Å². The Morgan fingerprint density at radius 2 is 1.79 bits per heavy atom. The summed E-state index contributed by atoms with van der Waals surface area (Å²) in [6.45, 7) is 2.45. The molecule has 24 heavy (non-hydrogen) atoms. The van der Waals surface area contributed by atoms with Crippen LogP contribution in [0.5, 0.6) is 0 Å². The van der Waals surface area contributed by atoms with E-state index in [1.165, 1.54) is 11.3 Å². The zero-order valence-corrected chi connectivity index (χ0v) is 14.5. The maximum absolute atomic E-state index is 12.7. The summed E-state index contributed by atoms with van der Waals surface area (Å²) in [5.41, 5.74) is -0.00107. The lowest BCUT2D eigenvalue weighted by molar-refractivity contribution is -0.138. The van der Waals surface area contributed by atoms with Gasteiger partial charge >= 0.3 is 6.09 Å². The van der Waals surface area contributed by atoms with Crippen molar-refractivity contribution < 1.29 is 19.5 Å². The number of ketones is 1. The number of nitrogens with zero attached hydrogens (tertiary/aromatic N) is 2. The standard InChI is InChI=1S/C18H28N2O4/c1-13(21)16-18(7-8-18)9-10-20(16)15(22)12-19(17(23)24)11-14-5-3-2-4-6-14/h14,16H,2-12H2,1H3,(H,23,24)/t16-/m1/s1. The van der Waals surface area contributed by atoms with Crippen molar-refractivity contribution in [1.82, 2.24) is 9.80 Å². The Kier molecular flexibility index (Phi) is 4.83. The Balaban J connectivity index is 1.62. The van der Waals surface area contributed by atoms with Crippen molar-refractivity contribution in [2.75, 3.05) is 19.6 Å². The number of amides is 2. The molecule has 2 saturated carbocycles. The van der Waals surface area contributed by atoms with Crippen molar-refractivity contribution in [3.05, 3.63) is 0 Å². The van der Waals surface area contributed by atoms with E-state index in [0.717, 1.165) is 44.9 Å². The van der Waals surface area contributed by atoms with Gasteiger partial charge in [0.2, 0.25) is 5.91 Å². The Bertz CT molecular complexity index is 523. The molecule has 0 bridgehead atoms. The van der Waals surface area contributed by atoms with E-state index in [1.54, 1.807) is 11.8 Å². The van der Waals surface area contributed by atoms with Gasteiger partial charge in [0.1, 0.15) is 6.54 Å². The van der Waals surface area contributed by atoms with Crippen LogP contribution in [-0.4, -0.2) is 58.4 Å². The number of carbonyl (C=O) groups excluding carboxylic acids is 2. The molecular formula is C18H28N2O4. The lowest BCUT2D eigenvalue weighted by atomic mass is 9.89. The third-order valence-corrected chi connectivity index (χ3v) is 6.14. The second kappa shape index (κ2) is 6.73. The Labute approximate surface area is 143 Å². The quantitative estimate of drug-likeness (QED) is 0.837. The topological polar surface area (TPSA) is 77.9 Å². The molecular weight excluding hydrogens is 308 g/mol. The molecule has 2 aliphatic carbocycles. The molecule has 1 heterocycles. The van der Waals surface area contributed by atoms with Crippen LogP contribution in [-0.2, 0) is 9.59 Å². The highest BCUT2D eigenvalue weighted by atomic mass is 16.4. The average Bonchev–Trinajstić information content (AvgIpc) is 3.19. The zero-order valence-electron chi connectivity index (χ0n) is 14.5. The van der Waals surface area contributed by atoms with E-state index >= 15 is 0 Å². The summed E-state index contributed by atoms with van der Waals surface area (Å²) < 4.78 is 0. The molecule has 134 valence electrons. The molecule has 3 aliphatic rings. The smallest absolute Gasteiger partial charge is 0.407 e. The molecule has 1 aliphatic heterocycles. The van der Waals surface area contributed by atoms with Gasteiger partial charge in [-0.1, -0.05) is 19.3 Å². The first-order valence-corrected chi connectivity index (χ1v) is 9.21. The second-order valence-corrected chi connectivity index (χ2v) is 7.88. The molecule has 0 aromatic rings. The SMILES string of the molecule is CC(=O)[C@H]1N(C(=O)CN(CC2CCCCC2)C(=O)O)CCC12CC2. The Hall–Kier alpha value is -1.59.